The van der Waals surface area contributed by atoms with Crippen LogP contribution in [0.25, 0.3) is 0 Å². The molecule has 2 N–H and O–H groups in total. The molecule has 0 amide bonds. The van der Waals surface area contributed by atoms with Gasteiger partial charge in [0.2, 0.25) is 0 Å². The quantitative estimate of drug-likeness (QED) is 0.691. The molecule has 0 aliphatic carbocycles. The number of hydrogen-bond acceptors (Lipinski definition) is 2. The Morgan fingerprint density at radius 2 is 1.88 bits per heavy atom. The first-order valence-corrected chi connectivity index (χ1v) is 8.25. The predicted molar refractivity (Wildman–Crippen MR) is 84.5 cm³/mol. The van der Waals surface area contributed by atoms with Gasteiger partial charge >= 0.3 is 0 Å². The number of halogens is 3. The van der Waals surface area contributed by atoms with Crippen LogP contribution in [0.2, 0.25) is 0 Å². The molecule has 0 saturated heterocycles. The van der Waals surface area contributed by atoms with Gasteiger partial charge in [0.1, 0.15) is 0 Å². The molecule has 0 radical (unpaired) electrons. The molecule has 0 spiro atoms. The molecular formula is C12H10Br3NS. The monoisotopic (exact) mass is 437 g/mol. The summed E-state index contributed by atoms with van der Waals surface area (Å²) < 4.78 is 3.24. The lowest BCUT2D eigenvalue weighted by molar-refractivity contribution is 0.726. The molecule has 0 aliphatic heterocycles. The molecule has 1 unspecified atom stereocenters. The molecule has 2 rings (SSSR count). The van der Waals surface area contributed by atoms with E-state index in [2.05, 4.69) is 65.3 Å². The molecule has 1 nitrogen and oxygen atoms in total. The minimum Gasteiger partial charge on any atom is -0.324 e. The van der Waals surface area contributed by atoms with Gasteiger partial charge in [-0.1, -0.05) is 31.9 Å². The summed E-state index contributed by atoms with van der Waals surface area (Å²) in [5, 5.41) is 2.08. The summed E-state index contributed by atoms with van der Waals surface area (Å²) >= 11 is 12.2. The highest BCUT2D eigenvalue weighted by atomic mass is 79.9. The Morgan fingerprint density at radius 1 is 1.12 bits per heavy atom. The van der Waals surface area contributed by atoms with Crippen LogP contribution in [0.5, 0.6) is 0 Å². The first-order valence-electron chi connectivity index (χ1n) is 4.99. The zero-order valence-electron chi connectivity index (χ0n) is 8.79. The van der Waals surface area contributed by atoms with Gasteiger partial charge < -0.3 is 5.73 Å². The fourth-order valence-electron chi connectivity index (χ4n) is 1.59. The maximum atomic E-state index is 6.25. The van der Waals surface area contributed by atoms with Crippen LogP contribution in [0, 0.1) is 0 Å². The standard InChI is InChI=1S/C12H10Br3NS/c13-7-1-2-11(15)10(4-7)12(16)5-9-3-8(14)6-17-9/h1-4,6,12H,5,16H2. The van der Waals surface area contributed by atoms with E-state index in [-0.39, 0.29) is 6.04 Å². The van der Waals surface area contributed by atoms with Crippen LogP contribution in [0.4, 0.5) is 0 Å². The molecular weight excluding hydrogens is 430 g/mol. The average Bonchev–Trinajstić information content (AvgIpc) is 2.67. The molecule has 1 atom stereocenters. The Kier molecular flexibility index (Phi) is 4.83. The molecule has 0 saturated carbocycles. The molecule has 0 bridgehead atoms. The van der Waals surface area contributed by atoms with Gasteiger partial charge in [0, 0.05) is 36.1 Å². The SMILES string of the molecule is NC(Cc1cc(Br)cs1)c1cc(Br)ccc1Br. The number of thiophene rings is 1. The third-order valence-electron chi connectivity index (χ3n) is 2.40. The van der Waals surface area contributed by atoms with Gasteiger partial charge in [0.05, 0.1) is 0 Å². The highest BCUT2D eigenvalue weighted by molar-refractivity contribution is 9.11. The normalized spacial score (nSPS) is 12.7. The van der Waals surface area contributed by atoms with E-state index in [0.717, 1.165) is 25.4 Å². The van der Waals surface area contributed by atoms with E-state index in [1.165, 1.54) is 4.88 Å². The number of rotatable bonds is 3. The molecule has 5 heteroatoms. The third kappa shape index (κ3) is 3.64. The Morgan fingerprint density at radius 3 is 2.53 bits per heavy atom. The predicted octanol–water partition coefficient (Wildman–Crippen LogP) is 5.28. The van der Waals surface area contributed by atoms with Crippen molar-refractivity contribution in [3.8, 4) is 0 Å². The lowest BCUT2D eigenvalue weighted by Gasteiger charge is -2.13. The molecule has 1 aromatic carbocycles. The highest BCUT2D eigenvalue weighted by Crippen LogP contribution is 2.30. The van der Waals surface area contributed by atoms with Crippen molar-refractivity contribution in [2.75, 3.05) is 0 Å². The zero-order valence-corrected chi connectivity index (χ0v) is 14.4. The number of hydrogen-bond donors (Lipinski definition) is 1. The van der Waals surface area contributed by atoms with Crippen LogP contribution in [-0.4, -0.2) is 0 Å². The zero-order chi connectivity index (χ0) is 12.4. The van der Waals surface area contributed by atoms with Crippen molar-refractivity contribution < 1.29 is 0 Å². The van der Waals surface area contributed by atoms with Crippen molar-refractivity contribution in [2.45, 2.75) is 12.5 Å². The van der Waals surface area contributed by atoms with Crippen molar-refractivity contribution >= 4 is 59.1 Å². The van der Waals surface area contributed by atoms with Crippen LogP contribution >= 0.6 is 59.1 Å². The van der Waals surface area contributed by atoms with Crippen LogP contribution in [0.3, 0.4) is 0 Å². The summed E-state index contributed by atoms with van der Waals surface area (Å²) in [4.78, 5) is 1.29. The maximum Gasteiger partial charge on any atom is 0.0355 e. The van der Waals surface area contributed by atoms with E-state index in [0.29, 0.717) is 0 Å². The van der Waals surface area contributed by atoms with Gasteiger partial charge in [-0.15, -0.1) is 11.3 Å². The minimum absolute atomic E-state index is 0.00687. The smallest absolute Gasteiger partial charge is 0.0355 e. The number of nitrogens with two attached hydrogens (primary N) is 1. The van der Waals surface area contributed by atoms with E-state index in [9.17, 15) is 0 Å². The van der Waals surface area contributed by atoms with Gasteiger partial charge in [-0.05, 0) is 45.8 Å². The Bertz CT molecular complexity index is 524. The average molecular weight is 440 g/mol. The van der Waals surface area contributed by atoms with Crippen molar-refractivity contribution in [3.63, 3.8) is 0 Å². The van der Waals surface area contributed by atoms with E-state index in [4.69, 9.17) is 5.73 Å². The minimum atomic E-state index is 0.00687. The second kappa shape index (κ2) is 5.97. The van der Waals surface area contributed by atoms with Crippen molar-refractivity contribution in [1.29, 1.82) is 0 Å². The number of benzene rings is 1. The van der Waals surface area contributed by atoms with E-state index >= 15 is 0 Å². The van der Waals surface area contributed by atoms with Gasteiger partial charge in [-0.3, -0.25) is 0 Å². The van der Waals surface area contributed by atoms with Crippen LogP contribution in [0.15, 0.2) is 43.1 Å². The largest absolute Gasteiger partial charge is 0.324 e. The summed E-state index contributed by atoms with van der Waals surface area (Å²) in [5.41, 5.74) is 7.38. The summed E-state index contributed by atoms with van der Waals surface area (Å²) in [7, 11) is 0. The molecule has 0 fully saturated rings. The Hall–Kier alpha value is 0.320. The van der Waals surface area contributed by atoms with E-state index < -0.39 is 0 Å². The van der Waals surface area contributed by atoms with Gasteiger partial charge in [0.25, 0.3) is 0 Å². The molecule has 1 heterocycles. The molecule has 90 valence electrons. The van der Waals surface area contributed by atoms with Gasteiger partial charge in [-0.2, -0.15) is 0 Å². The Labute approximate surface area is 130 Å². The van der Waals surface area contributed by atoms with Crippen molar-refractivity contribution in [1.82, 2.24) is 0 Å². The first kappa shape index (κ1) is 13.7. The van der Waals surface area contributed by atoms with E-state index in [1.807, 2.05) is 12.1 Å². The van der Waals surface area contributed by atoms with Gasteiger partial charge in [-0.25, -0.2) is 0 Å². The molecule has 1 aromatic heterocycles. The first-order chi connectivity index (χ1) is 8.06. The van der Waals surface area contributed by atoms with Crippen LogP contribution in [0.1, 0.15) is 16.5 Å². The van der Waals surface area contributed by atoms with Crippen LogP contribution in [-0.2, 0) is 6.42 Å². The summed E-state index contributed by atoms with van der Waals surface area (Å²) in [6, 6.07) is 8.21. The highest BCUT2D eigenvalue weighted by Gasteiger charge is 2.12. The Balaban J connectivity index is 2.19. The van der Waals surface area contributed by atoms with E-state index in [1.54, 1.807) is 11.3 Å². The van der Waals surface area contributed by atoms with Crippen molar-refractivity contribution in [2.24, 2.45) is 5.73 Å². The second-order valence-corrected chi connectivity index (χ2v) is 7.39. The fourth-order valence-corrected chi connectivity index (χ4v) is 4.02. The molecule has 17 heavy (non-hydrogen) atoms. The lowest BCUT2D eigenvalue weighted by atomic mass is 10.0. The van der Waals surface area contributed by atoms with Gasteiger partial charge in [0.15, 0.2) is 0 Å². The topological polar surface area (TPSA) is 26.0 Å². The molecule has 0 aliphatic rings. The summed E-state index contributed by atoms with van der Waals surface area (Å²) in [5.74, 6) is 0. The summed E-state index contributed by atoms with van der Waals surface area (Å²) in [6.45, 7) is 0. The fraction of sp³-hybridized carbons (Fsp3) is 0.167. The second-order valence-electron chi connectivity index (χ2n) is 3.71. The lowest BCUT2D eigenvalue weighted by Crippen LogP contribution is -2.13. The molecule has 2 aromatic rings. The van der Waals surface area contributed by atoms with Crippen molar-refractivity contribution in [3.05, 3.63) is 53.5 Å². The summed E-state index contributed by atoms with van der Waals surface area (Å²) in [6.07, 6.45) is 0.852. The van der Waals surface area contributed by atoms with Crippen LogP contribution < -0.4 is 5.73 Å². The third-order valence-corrected chi connectivity index (χ3v) is 5.34. The maximum absolute atomic E-state index is 6.25.